The molecule has 2 rings (SSSR count). The summed E-state index contributed by atoms with van der Waals surface area (Å²) in [6, 6.07) is 5.20. The lowest BCUT2D eigenvalue weighted by molar-refractivity contribution is 0.0744. The molecular formula is C16H24N2O2. The number of amides is 1. The van der Waals surface area contributed by atoms with Crippen LogP contribution in [0.2, 0.25) is 0 Å². The van der Waals surface area contributed by atoms with E-state index < -0.39 is 0 Å². The number of benzene rings is 1. The van der Waals surface area contributed by atoms with Gasteiger partial charge in [-0.15, -0.1) is 0 Å². The van der Waals surface area contributed by atoms with Gasteiger partial charge in [-0.3, -0.25) is 4.79 Å². The molecule has 0 unspecified atom stereocenters. The van der Waals surface area contributed by atoms with Crippen molar-refractivity contribution in [3.05, 3.63) is 29.3 Å². The van der Waals surface area contributed by atoms with Crippen molar-refractivity contribution in [3.8, 4) is 5.75 Å². The van der Waals surface area contributed by atoms with E-state index in [0.717, 1.165) is 38.0 Å². The molecule has 0 spiro atoms. The van der Waals surface area contributed by atoms with Crippen LogP contribution in [0.5, 0.6) is 5.75 Å². The van der Waals surface area contributed by atoms with E-state index in [1.165, 1.54) is 0 Å². The van der Waals surface area contributed by atoms with Gasteiger partial charge in [0.2, 0.25) is 0 Å². The molecule has 1 aromatic rings. The van der Waals surface area contributed by atoms with E-state index in [1.807, 2.05) is 20.0 Å². The van der Waals surface area contributed by atoms with Gasteiger partial charge in [0.25, 0.3) is 5.91 Å². The number of phenolic OH excluding ortho intramolecular Hbond substituents is 1. The topological polar surface area (TPSA) is 43.8 Å². The van der Waals surface area contributed by atoms with E-state index in [2.05, 4.69) is 11.9 Å². The summed E-state index contributed by atoms with van der Waals surface area (Å²) in [5, 5.41) is 9.90. The van der Waals surface area contributed by atoms with Crippen LogP contribution in [0.4, 0.5) is 0 Å². The van der Waals surface area contributed by atoms with E-state index in [9.17, 15) is 9.90 Å². The van der Waals surface area contributed by atoms with Crippen molar-refractivity contribution in [1.29, 1.82) is 0 Å². The van der Waals surface area contributed by atoms with Gasteiger partial charge >= 0.3 is 0 Å². The molecule has 1 N–H and O–H groups in total. The first-order valence-corrected chi connectivity index (χ1v) is 7.21. The predicted octanol–water partition coefficient (Wildman–Crippen LogP) is 2.11. The average molecular weight is 276 g/mol. The van der Waals surface area contributed by atoms with Crippen LogP contribution in [-0.4, -0.2) is 54.5 Å². The van der Waals surface area contributed by atoms with Crippen LogP contribution >= 0.6 is 0 Å². The van der Waals surface area contributed by atoms with Crippen LogP contribution in [0.15, 0.2) is 18.2 Å². The summed E-state index contributed by atoms with van der Waals surface area (Å²) >= 11 is 0. The van der Waals surface area contributed by atoms with Crippen LogP contribution in [0.3, 0.4) is 0 Å². The fraction of sp³-hybridized carbons (Fsp3) is 0.562. The summed E-state index contributed by atoms with van der Waals surface area (Å²) in [6.45, 7) is 4.86. The maximum Gasteiger partial charge on any atom is 0.257 e. The minimum Gasteiger partial charge on any atom is -0.507 e. The van der Waals surface area contributed by atoms with Crippen molar-refractivity contribution in [2.24, 2.45) is 5.92 Å². The van der Waals surface area contributed by atoms with Gasteiger partial charge in [-0.25, -0.2) is 0 Å². The van der Waals surface area contributed by atoms with Crippen molar-refractivity contribution < 1.29 is 9.90 Å². The molecule has 1 fully saturated rings. The lowest BCUT2D eigenvalue weighted by Crippen LogP contribution is -2.38. The van der Waals surface area contributed by atoms with Gasteiger partial charge in [0.1, 0.15) is 5.75 Å². The fourth-order valence-electron chi connectivity index (χ4n) is 2.74. The molecule has 20 heavy (non-hydrogen) atoms. The molecule has 0 saturated carbocycles. The molecule has 4 nitrogen and oxygen atoms in total. The molecule has 1 aliphatic rings. The number of aryl methyl sites for hydroxylation is 1. The maximum atomic E-state index is 12.4. The lowest BCUT2D eigenvalue weighted by atomic mass is 9.96. The Labute approximate surface area is 121 Å². The van der Waals surface area contributed by atoms with Gasteiger partial charge in [-0.1, -0.05) is 6.07 Å². The zero-order chi connectivity index (χ0) is 14.7. The number of phenols is 1. The number of carbonyl (C=O) groups excluding carboxylic acids is 1. The van der Waals surface area contributed by atoms with Crippen LogP contribution in [-0.2, 0) is 0 Å². The highest BCUT2D eigenvalue weighted by Crippen LogP contribution is 2.22. The zero-order valence-corrected chi connectivity index (χ0v) is 12.6. The number of hydrogen-bond donors (Lipinski definition) is 1. The van der Waals surface area contributed by atoms with Crippen LogP contribution in [0, 0.1) is 12.8 Å². The Hall–Kier alpha value is -1.55. The number of rotatable bonds is 3. The highest BCUT2D eigenvalue weighted by Gasteiger charge is 2.22. The van der Waals surface area contributed by atoms with Gasteiger partial charge in [-0.2, -0.15) is 0 Å². The van der Waals surface area contributed by atoms with Crippen LogP contribution < -0.4 is 0 Å². The summed E-state index contributed by atoms with van der Waals surface area (Å²) in [7, 11) is 3.95. The second kappa shape index (κ2) is 6.27. The van der Waals surface area contributed by atoms with E-state index in [0.29, 0.717) is 11.5 Å². The number of likely N-dealkylation sites (tertiary alicyclic amines) is 1. The molecule has 1 amide bonds. The highest BCUT2D eigenvalue weighted by molar-refractivity contribution is 5.96. The normalized spacial score (nSPS) is 17.1. The van der Waals surface area contributed by atoms with E-state index in [1.54, 1.807) is 17.0 Å². The van der Waals surface area contributed by atoms with Crippen LogP contribution in [0.25, 0.3) is 0 Å². The number of nitrogens with zero attached hydrogens (tertiary/aromatic N) is 2. The summed E-state index contributed by atoms with van der Waals surface area (Å²) in [6.07, 6.45) is 2.27. The lowest BCUT2D eigenvalue weighted by Gasteiger charge is -2.31. The van der Waals surface area contributed by atoms with E-state index in [-0.39, 0.29) is 11.7 Å². The van der Waals surface area contributed by atoms with Gasteiger partial charge in [0, 0.05) is 13.6 Å². The summed E-state index contributed by atoms with van der Waals surface area (Å²) in [4.78, 5) is 16.4. The molecule has 4 heteroatoms. The van der Waals surface area contributed by atoms with Crippen molar-refractivity contribution >= 4 is 5.91 Å². The molecule has 0 bridgehead atoms. The average Bonchev–Trinajstić information content (AvgIpc) is 2.40. The first kappa shape index (κ1) is 14.9. The third-order valence-corrected chi connectivity index (χ3v) is 4.10. The molecule has 0 radical (unpaired) electrons. The Morgan fingerprint density at radius 2 is 2.05 bits per heavy atom. The molecule has 0 aliphatic carbocycles. The Morgan fingerprint density at radius 1 is 1.40 bits per heavy atom. The van der Waals surface area contributed by atoms with Crippen molar-refractivity contribution in [2.75, 3.05) is 33.7 Å². The Balaban J connectivity index is 1.98. The highest BCUT2D eigenvalue weighted by atomic mass is 16.3. The number of hydrogen-bond acceptors (Lipinski definition) is 3. The molecule has 0 aromatic heterocycles. The predicted molar refractivity (Wildman–Crippen MR) is 80.0 cm³/mol. The smallest absolute Gasteiger partial charge is 0.257 e. The minimum atomic E-state index is -0.0959. The van der Waals surface area contributed by atoms with Gasteiger partial charge in [-0.05, 0) is 63.5 Å². The largest absolute Gasteiger partial charge is 0.507 e. The second-order valence-corrected chi connectivity index (χ2v) is 5.95. The summed E-state index contributed by atoms with van der Waals surface area (Å²) in [5.41, 5.74) is 1.35. The molecule has 110 valence electrons. The summed E-state index contributed by atoms with van der Waals surface area (Å²) in [5.74, 6) is 0.541. The Bertz CT molecular complexity index is 479. The second-order valence-electron chi connectivity index (χ2n) is 5.95. The van der Waals surface area contributed by atoms with Crippen LogP contribution in [0.1, 0.15) is 28.8 Å². The van der Waals surface area contributed by atoms with Gasteiger partial charge in [0.05, 0.1) is 5.56 Å². The number of piperidine rings is 1. The Morgan fingerprint density at radius 3 is 2.65 bits per heavy atom. The molecule has 1 saturated heterocycles. The standard InChI is InChI=1S/C16H24N2O2/c1-12-4-5-14(15(19)10-12)16(20)18(3)11-13-6-8-17(2)9-7-13/h4-5,10,13,19H,6-9,11H2,1-3H3. The summed E-state index contributed by atoms with van der Waals surface area (Å²) < 4.78 is 0. The fourth-order valence-corrected chi connectivity index (χ4v) is 2.74. The molecule has 0 atom stereocenters. The molecule has 1 heterocycles. The zero-order valence-electron chi connectivity index (χ0n) is 12.6. The quantitative estimate of drug-likeness (QED) is 0.919. The van der Waals surface area contributed by atoms with Crippen molar-refractivity contribution in [3.63, 3.8) is 0 Å². The monoisotopic (exact) mass is 276 g/mol. The molecule has 1 aliphatic heterocycles. The molecular weight excluding hydrogens is 252 g/mol. The Kier molecular flexibility index (Phi) is 4.65. The first-order valence-electron chi connectivity index (χ1n) is 7.21. The third-order valence-electron chi connectivity index (χ3n) is 4.10. The number of carbonyl (C=O) groups is 1. The third kappa shape index (κ3) is 3.51. The van der Waals surface area contributed by atoms with E-state index in [4.69, 9.17) is 0 Å². The van der Waals surface area contributed by atoms with E-state index >= 15 is 0 Å². The van der Waals surface area contributed by atoms with Crippen molar-refractivity contribution in [2.45, 2.75) is 19.8 Å². The minimum absolute atomic E-state index is 0.0743. The van der Waals surface area contributed by atoms with Gasteiger partial charge in [0.15, 0.2) is 0 Å². The SMILES string of the molecule is Cc1ccc(C(=O)N(C)CC2CCN(C)CC2)c(O)c1. The van der Waals surface area contributed by atoms with Gasteiger partial charge < -0.3 is 14.9 Å². The molecule has 1 aromatic carbocycles. The maximum absolute atomic E-state index is 12.4. The van der Waals surface area contributed by atoms with Crippen molar-refractivity contribution in [1.82, 2.24) is 9.80 Å². The number of aromatic hydroxyl groups is 1. The first-order chi connectivity index (χ1) is 9.47.